The maximum Gasteiger partial charge on any atom is 0.420 e. The quantitative estimate of drug-likeness (QED) is 0.352. The summed E-state index contributed by atoms with van der Waals surface area (Å²) in [6.45, 7) is 1.66. The van der Waals surface area contributed by atoms with E-state index >= 15 is 0 Å². The zero-order chi connectivity index (χ0) is 21.2. The van der Waals surface area contributed by atoms with Gasteiger partial charge in [0.15, 0.2) is 0 Å². The second kappa shape index (κ2) is 8.18. The summed E-state index contributed by atoms with van der Waals surface area (Å²) in [5, 5.41) is -0.193. The summed E-state index contributed by atoms with van der Waals surface area (Å²) in [4.78, 5) is 11.7. The van der Waals surface area contributed by atoms with Crippen LogP contribution >= 0.6 is 0 Å². The Hall–Kier alpha value is -2.97. The fourth-order valence-corrected chi connectivity index (χ4v) is 2.87. The van der Waals surface area contributed by atoms with Crippen LogP contribution in [0.25, 0.3) is 11.0 Å². The number of esters is 1. The van der Waals surface area contributed by atoms with Gasteiger partial charge in [0.2, 0.25) is 0 Å². The first-order chi connectivity index (χ1) is 13.7. The molecule has 150 valence electrons. The van der Waals surface area contributed by atoms with E-state index in [1.165, 1.54) is 24.3 Å². The highest BCUT2D eigenvalue weighted by atomic mass is 19.4. The van der Waals surface area contributed by atoms with Crippen molar-refractivity contribution in [3.8, 4) is 5.75 Å². The topological polar surface area (TPSA) is 48.7 Å². The molecule has 0 aliphatic carbocycles. The van der Waals surface area contributed by atoms with Gasteiger partial charge in [-0.2, -0.15) is 13.2 Å². The van der Waals surface area contributed by atoms with Gasteiger partial charge >= 0.3 is 12.1 Å². The molecule has 0 atom stereocenters. The Bertz CT molecular complexity index is 1040. The van der Waals surface area contributed by atoms with E-state index < -0.39 is 23.5 Å². The number of hydrogen-bond donors (Lipinski definition) is 0. The van der Waals surface area contributed by atoms with Gasteiger partial charge in [-0.1, -0.05) is 17.6 Å². The van der Waals surface area contributed by atoms with Crippen LogP contribution in [-0.2, 0) is 28.7 Å². The Morgan fingerprint density at radius 2 is 1.97 bits per heavy atom. The highest BCUT2D eigenvalue weighted by Crippen LogP contribution is 2.36. The van der Waals surface area contributed by atoms with Crippen molar-refractivity contribution in [2.75, 3.05) is 6.61 Å². The van der Waals surface area contributed by atoms with Crippen molar-refractivity contribution in [2.24, 2.45) is 0 Å². The second-order valence-electron chi connectivity index (χ2n) is 6.23. The fourth-order valence-electron chi connectivity index (χ4n) is 2.87. The number of fused-ring (bicyclic) bond motifs is 1. The summed E-state index contributed by atoms with van der Waals surface area (Å²) in [6.07, 6.45) is -4.13. The smallest absolute Gasteiger partial charge is 0.420 e. The molecule has 0 fully saturated rings. The number of carbonyl (C=O) groups excluding carboxylic acids is 1. The average Bonchev–Trinajstić information content (AvgIpc) is 3.07. The molecule has 2 aromatic carbocycles. The number of benzene rings is 2. The van der Waals surface area contributed by atoms with E-state index in [2.05, 4.69) is 0 Å². The minimum Gasteiger partial charge on any atom is -0.488 e. The van der Waals surface area contributed by atoms with Crippen LogP contribution in [-0.4, -0.2) is 20.4 Å². The van der Waals surface area contributed by atoms with Crippen molar-refractivity contribution < 1.29 is 36.2 Å². The van der Waals surface area contributed by atoms with Gasteiger partial charge < -0.3 is 13.9 Å². The van der Waals surface area contributed by atoms with Crippen LogP contribution < -0.4 is 10.2 Å². The third kappa shape index (κ3) is 4.72. The first kappa shape index (κ1) is 20.8. The summed E-state index contributed by atoms with van der Waals surface area (Å²) in [5.74, 6) is -1.01. The molecule has 3 rings (SSSR count). The highest BCUT2D eigenvalue weighted by Gasteiger charge is 2.35. The van der Waals surface area contributed by atoms with E-state index in [1.54, 1.807) is 6.92 Å². The molecule has 0 aliphatic rings. The molecule has 2 radical (unpaired) electrons. The van der Waals surface area contributed by atoms with E-state index in [0.29, 0.717) is 17.4 Å². The van der Waals surface area contributed by atoms with Crippen LogP contribution in [0.5, 0.6) is 5.75 Å². The van der Waals surface area contributed by atoms with Gasteiger partial charge in [0.05, 0.1) is 13.0 Å². The summed E-state index contributed by atoms with van der Waals surface area (Å²) in [5.41, 5.74) is -0.293. The first-order valence-electron chi connectivity index (χ1n) is 8.62. The summed E-state index contributed by atoms with van der Waals surface area (Å²) in [7, 11) is 5.80. The van der Waals surface area contributed by atoms with E-state index in [-0.39, 0.29) is 41.8 Å². The predicted molar refractivity (Wildman–Crippen MR) is 97.7 cm³/mol. The lowest BCUT2D eigenvalue weighted by Gasteiger charge is -2.13. The van der Waals surface area contributed by atoms with Gasteiger partial charge in [-0.15, -0.1) is 0 Å². The molecule has 0 amide bonds. The standard InChI is InChI=1S/C20H15BF4O4/c1-2-27-18(26)7-12-3-4-13(22)8-17(12)28-9-11-5-14-15(20(23,24)25)10-29-19(14)16(21)6-11/h3-6,8,10H,2,7,9H2,1H3. The van der Waals surface area contributed by atoms with Crippen LogP contribution in [0.1, 0.15) is 23.6 Å². The average molecular weight is 406 g/mol. The molecule has 3 aromatic rings. The van der Waals surface area contributed by atoms with Crippen molar-refractivity contribution >= 4 is 30.2 Å². The van der Waals surface area contributed by atoms with E-state index in [0.717, 1.165) is 6.07 Å². The summed E-state index contributed by atoms with van der Waals surface area (Å²) in [6, 6.07) is 6.32. The normalized spacial score (nSPS) is 11.6. The van der Waals surface area contributed by atoms with E-state index in [9.17, 15) is 22.4 Å². The first-order valence-corrected chi connectivity index (χ1v) is 8.62. The molecule has 9 heteroatoms. The monoisotopic (exact) mass is 406 g/mol. The molecule has 0 unspecified atom stereocenters. The molecule has 1 heterocycles. The molecule has 0 N–H and O–H groups in total. The Labute approximate surface area is 164 Å². The predicted octanol–water partition coefficient (Wildman–Crippen LogP) is 4.07. The van der Waals surface area contributed by atoms with Gasteiger partial charge in [-0.05, 0) is 24.6 Å². The van der Waals surface area contributed by atoms with Crippen LogP contribution in [0.3, 0.4) is 0 Å². The summed E-state index contributed by atoms with van der Waals surface area (Å²) < 4.78 is 68.4. The minimum absolute atomic E-state index is 0.0163. The van der Waals surface area contributed by atoms with Crippen molar-refractivity contribution in [1.82, 2.24) is 0 Å². The largest absolute Gasteiger partial charge is 0.488 e. The molecular weight excluding hydrogens is 391 g/mol. The maximum absolute atomic E-state index is 13.6. The maximum atomic E-state index is 13.6. The molecule has 0 aliphatic heterocycles. The van der Waals surface area contributed by atoms with Gasteiger partial charge in [-0.3, -0.25) is 4.79 Å². The Kier molecular flexibility index (Phi) is 5.86. The van der Waals surface area contributed by atoms with Crippen molar-refractivity contribution in [3.05, 3.63) is 59.1 Å². The number of hydrogen-bond acceptors (Lipinski definition) is 4. The number of carbonyl (C=O) groups is 1. The van der Waals surface area contributed by atoms with Crippen molar-refractivity contribution in [3.63, 3.8) is 0 Å². The Morgan fingerprint density at radius 1 is 1.21 bits per heavy atom. The molecule has 4 nitrogen and oxygen atoms in total. The highest BCUT2D eigenvalue weighted by molar-refractivity contribution is 6.38. The van der Waals surface area contributed by atoms with Crippen molar-refractivity contribution in [1.29, 1.82) is 0 Å². The van der Waals surface area contributed by atoms with E-state index in [1.807, 2.05) is 0 Å². The SMILES string of the molecule is [B]c1cc(COc2cc(F)ccc2CC(=O)OCC)cc2c(C(F)(F)F)coc12. The molecule has 0 spiro atoms. The van der Waals surface area contributed by atoms with E-state index in [4.69, 9.17) is 21.7 Å². The molecule has 0 bridgehead atoms. The lowest BCUT2D eigenvalue weighted by atomic mass is 9.91. The zero-order valence-corrected chi connectivity index (χ0v) is 15.3. The number of furan rings is 1. The van der Waals surface area contributed by atoms with Crippen LogP contribution in [0, 0.1) is 5.82 Å². The van der Waals surface area contributed by atoms with Gasteiger partial charge in [0, 0.05) is 17.0 Å². The Morgan fingerprint density at radius 3 is 2.66 bits per heavy atom. The number of alkyl halides is 3. The third-order valence-electron chi connectivity index (χ3n) is 4.13. The van der Waals surface area contributed by atoms with Crippen LogP contribution in [0.15, 0.2) is 41.0 Å². The number of rotatable bonds is 6. The van der Waals surface area contributed by atoms with Crippen LogP contribution in [0.2, 0.25) is 0 Å². The molecule has 29 heavy (non-hydrogen) atoms. The van der Waals surface area contributed by atoms with Gasteiger partial charge in [-0.25, -0.2) is 4.39 Å². The second-order valence-corrected chi connectivity index (χ2v) is 6.23. The summed E-state index contributed by atoms with van der Waals surface area (Å²) >= 11 is 0. The molecule has 1 aromatic heterocycles. The van der Waals surface area contributed by atoms with Gasteiger partial charge in [0.1, 0.15) is 43.4 Å². The lowest BCUT2D eigenvalue weighted by molar-refractivity contribution is -0.142. The van der Waals surface area contributed by atoms with Crippen molar-refractivity contribution in [2.45, 2.75) is 26.1 Å². The third-order valence-corrected chi connectivity index (χ3v) is 4.13. The lowest BCUT2D eigenvalue weighted by Crippen LogP contribution is -2.11. The zero-order valence-electron chi connectivity index (χ0n) is 15.3. The molecule has 0 saturated heterocycles. The Balaban J connectivity index is 1.87. The number of ether oxygens (including phenoxy) is 2. The minimum atomic E-state index is -4.60. The fraction of sp³-hybridized carbons (Fsp3) is 0.250. The number of halogens is 4. The van der Waals surface area contributed by atoms with Gasteiger partial charge in [0.25, 0.3) is 0 Å². The van der Waals surface area contributed by atoms with Crippen LogP contribution in [0.4, 0.5) is 17.6 Å². The molecular formula is C20H15BF4O4. The molecule has 0 saturated carbocycles.